The van der Waals surface area contributed by atoms with Crippen LogP contribution in [0.3, 0.4) is 0 Å². The molecule has 6 nitrogen and oxygen atoms in total. The maximum Gasteiger partial charge on any atom is 0.338 e. The van der Waals surface area contributed by atoms with Crippen molar-refractivity contribution in [2.24, 2.45) is 0 Å². The Morgan fingerprint density at radius 3 is 2.73 bits per heavy atom. The van der Waals surface area contributed by atoms with Crippen LogP contribution in [-0.4, -0.2) is 22.5 Å². The number of benzene rings is 2. The highest BCUT2D eigenvalue weighted by Crippen LogP contribution is 2.26. The Bertz CT molecular complexity index is 1290. The van der Waals surface area contributed by atoms with Crippen molar-refractivity contribution in [1.29, 1.82) is 5.26 Å². The smallest absolute Gasteiger partial charge is 0.338 e. The minimum absolute atomic E-state index is 0.334. The molecule has 2 aromatic heterocycles. The molecule has 2 heterocycles. The number of fused-ring (bicyclic) bond motifs is 1. The van der Waals surface area contributed by atoms with Crippen molar-refractivity contribution in [1.82, 2.24) is 9.97 Å². The average molecular weight is 397 g/mol. The first kappa shape index (κ1) is 19.2. The number of nitrogens with one attached hydrogen (secondary N) is 1. The number of carbonyl (C=O) groups is 1. The van der Waals surface area contributed by atoms with Crippen LogP contribution in [0.4, 0.5) is 0 Å². The lowest BCUT2D eigenvalue weighted by Gasteiger charge is -2.02. The maximum atomic E-state index is 11.8. The monoisotopic (exact) mass is 397 g/mol. The number of ether oxygens (including phenoxy) is 1. The van der Waals surface area contributed by atoms with E-state index in [9.17, 15) is 10.1 Å². The normalized spacial score (nSPS) is 11.4. The van der Waals surface area contributed by atoms with Crippen LogP contribution in [0.1, 0.15) is 34.4 Å². The van der Waals surface area contributed by atoms with Crippen molar-refractivity contribution >= 4 is 28.7 Å². The van der Waals surface area contributed by atoms with Crippen molar-refractivity contribution in [3.8, 4) is 17.4 Å². The fourth-order valence-corrected chi connectivity index (χ4v) is 3.12. The molecule has 0 aliphatic rings. The molecule has 30 heavy (non-hydrogen) atoms. The minimum atomic E-state index is -0.355. The van der Waals surface area contributed by atoms with Crippen molar-refractivity contribution in [2.45, 2.75) is 13.8 Å². The quantitative estimate of drug-likeness (QED) is 0.361. The molecular formula is C24H19N3O3. The number of hydrogen-bond acceptors (Lipinski definition) is 5. The summed E-state index contributed by atoms with van der Waals surface area (Å²) < 4.78 is 10.9. The van der Waals surface area contributed by atoms with E-state index in [2.05, 4.69) is 16.0 Å². The second-order valence-corrected chi connectivity index (χ2v) is 6.78. The number of rotatable bonds is 5. The molecule has 4 rings (SSSR count). The van der Waals surface area contributed by atoms with Gasteiger partial charge in [0.25, 0.3) is 0 Å². The van der Waals surface area contributed by atoms with Gasteiger partial charge in [-0.3, -0.25) is 0 Å². The number of aromatic nitrogens is 2. The summed E-state index contributed by atoms with van der Waals surface area (Å²) in [5.41, 5.74) is 4.48. The van der Waals surface area contributed by atoms with E-state index >= 15 is 0 Å². The van der Waals surface area contributed by atoms with E-state index in [1.54, 1.807) is 43.3 Å². The summed E-state index contributed by atoms with van der Waals surface area (Å²) in [6.45, 7) is 4.11. The molecule has 0 radical (unpaired) electrons. The third-order valence-electron chi connectivity index (χ3n) is 4.61. The lowest BCUT2D eigenvalue weighted by atomic mass is 10.1. The van der Waals surface area contributed by atoms with Gasteiger partial charge in [0.2, 0.25) is 0 Å². The molecule has 0 aliphatic heterocycles. The van der Waals surface area contributed by atoms with Gasteiger partial charge in [-0.05, 0) is 55.8 Å². The maximum absolute atomic E-state index is 11.8. The van der Waals surface area contributed by atoms with Crippen molar-refractivity contribution < 1.29 is 13.9 Å². The van der Waals surface area contributed by atoms with Gasteiger partial charge in [0, 0.05) is 11.6 Å². The molecule has 0 amide bonds. The minimum Gasteiger partial charge on any atom is -0.462 e. The van der Waals surface area contributed by atoms with Crippen LogP contribution in [0.2, 0.25) is 0 Å². The Labute approximate surface area is 173 Å². The summed E-state index contributed by atoms with van der Waals surface area (Å²) in [7, 11) is 0. The van der Waals surface area contributed by atoms with Crippen molar-refractivity contribution in [2.75, 3.05) is 6.61 Å². The first-order valence-corrected chi connectivity index (χ1v) is 9.53. The number of esters is 1. The van der Waals surface area contributed by atoms with Crippen LogP contribution in [0.15, 0.2) is 59.0 Å². The average Bonchev–Trinajstić information content (AvgIpc) is 3.39. The molecule has 4 aromatic rings. The third kappa shape index (κ3) is 3.87. The number of nitrogens with zero attached hydrogens (tertiary/aromatic N) is 2. The van der Waals surface area contributed by atoms with Gasteiger partial charge in [0.15, 0.2) is 0 Å². The predicted octanol–water partition coefficient (Wildman–Crippen LogP) is 5.37. The van der Waals surface area contributed by atoms with Gasteiger partial charge >= 0.3 is 5.97 Å². The Morgan fingerprint density at radius 1 is 1.20 bits per heavy atom. The second kappa shape index (κ2) is 8.10. The first-order valence-electron chi connectivity index (χ1n) is 9.53. The largest absolute Gasteiger partial charge is 0.462 e. The zero-order valence-corrected chi connectivity index (χ0v) is 16.6. The molecule has 6 heteroatoms. The summed E-state index contributed by atoms with van der Waals surface area (Å²) in [5.74, 6) is 1.31. The lowest BCUT2D eigenvalue weighted by molar-refractivity contribution is 0.0526. The zero-order valence-electron chi connectivity index (χ0n) is 16.6. The van der Waals surface area contributed by atoms with E-state index in [0.29, 0.717) is 35.1 Å². The number of aryl methyl sites for hydroxylation is 1. The third-order valence-corrected chi connectivity index (χ3v) is 4.61. The summed E-state index contributed by atoms with van der Waals surface area (Å²) in [4.78, 5) is 19.5. The summed E-state index contributed by atoms with van der Waals surface area (Å²) in [5, 5.41) is 9.61. The Kier molecular flexibility index (Phi) is 5.19. The molecule has 2 aromatic carbocycles. The number of furan rings is 1. The summed E-state index contributed by atoms with van der Waals surface area (Å²) in [6.07, 6.45) is 1.65. The topological polar surface area (TPSA) is 91.9 Å². The van der Waals surface area contributed by atoms with Crippen LogP contribution in [0.25, 0.3) is 34.0 Å². The molecule has 0 saturated carbocycles. The molecule has 148 valence electrons. The molecule has 0 aliphatic carbocycles. The van der Waals surface area contributed by atoms with Gasteiger partial charge in [-0.25, -0.2) is 9.78 Å². The molecule has 0 bridgehead atoms. The molecule has 0 spiro atoms. The molecule has 0 unspecified atom stereocenters. The van der Waals surface area contributed by atoms with Crippen LogP contribution >= 0.6 is 0 Å². The number of imidazole rings is 1. The van der Waals surface area contributed by atoms with Crippen molar-refractivity contribution in [3.05, 3.63) is 77.3 Å². The van der Waals surface area contributed by atoms with Gasteiger partial charge in [-0.15, -0.1) is 0 Å². The highest BCUT2D eigenvalue weighted by atomic mass is 16.5. The number of allylic oxidation sites excluding steroid dienone is 1. The summed E-state index contributed by atoms with van der Waals surface area (Å²) >= 11 is 0. The first-order chi connectivity index (χ1) is 14.6. The van der Waals surface area contributed by atoms with Crippen LogP contribution in [0.5, 0.6) is 0 Å². The van der Waals surface area contributed by atoms with Gasteiger partial charge in [0.05, 0.1) is 28.8 Å². The van der Waals surface area contributed by atoms with Crippen LogP contribution in [0, 0.1) is 18.3 Å². The molecule has 0 atom stereocenters. The number of aromatic amines is 1. The molecule has 0 saturated heterocycles. The highest BCUT2D eigenvalue weighted by molar-refractivity contribution is 5.91. The van der Waals surface area contributed by atoms with Gasteiger partial charge in [-0.1, -0.05) is 18.2 Å². The van der Waals surface area contributed by atoms with Crippen LogP contribution < -0.4 is 0 Å². The van der Waals surface area contributed by atoms with Crippen molar-refractivity contribution in [3.63, 3.8) is 0 Å². The van der Waals surface area contributed by atoms with E-state index in [4.69, 9.17) is 9.15 Å². The van der Waals surface area contributed by atoms with E-state index in [1.807, 2.05) is 31.2 Å². The number of H-pyrrole nitrogens is 1. The Hall–Kier alpha value is -4.11. The molecule has 1 N–H and O–H groups in total. The van der Waals surface area contributed by atoms with Gasteiger partial charge < -0.3 is 14.1 Å². The van der Waals surface area contributed by atoms with E-state index in [-0.39, 0.29) is 5.97 Å². The number of carbonyl (C=O) groups excluding carboxylic acids is 1. The summed E-state index contributed by atoms with van der Waals surface area (Å²) in [6, 6.07) is 18.7. The standard InChI is InChI=1S/C24H19N3O3/c1-3-29-24(28)17-7-5-16(6-8-17)22-11-9-19(30-22)13-18(14-25)23-26-20-10-4-15(2)12-21(20)27-23/h4-13H,3H2,1-2H3,(H,26,27)/b18-13+. The number of hydrogen-bond donors (Lipinski definition) is 1. The molecular weight excluding hydrogens is 378 g/mol. The SMILES string of the molecule is CCOC(=O)c1ccc(-c2ccc(/C=C(\C#N)c3nc4ccc(C)cc4[nH]3)o2)cc1. The Morgan fingerprint density at radius 2 is 2.00 bits per heavy atom. The fourth-order valence-electron chi connectivity index (χ4n) is 3.12. The molecule has 0 fully saturated rings. The van der Waals surface area contributed by atoms with Gasteiger partial charge in [0.1, 0.15) is 23.4 Å². The Balaban J connectivity index is 1.60. The lowest BCUT2D eigenvalue weighted by Crippen LogP contribution is -2.03. The van der Waals surface area contributed by atoms with E-state index < -0.39 is 0 Å². The van der Waals surface area contributed by atoms with Crippen LogP contribution in [-0.2, 0) is 4.74 Å². The zero-order chi connectivity index (χ0) is 21.1. The van der Waals surface area contributed by atoms with E-state index in [1.165, 1.54) is 0 Å². The second-order valence-electron chi connectivity index (χ2n) is 6.78. The fraction of sp³-hybridized carbons (Fsp3) is 0.125. The predicted molar refractivity (Wildman–Crippen MR) is 114 cm³/mol. The van der Waals surface area contributed by atoms with Gasteiger partial charge in [-0.2, -0.15) is 5.26 Å². The van der Waals surface area contributed by atoms with E-state index in [0.717, 1.165) is 22.2 Å². The number of nitriles is 1. The highest BCUT2D eigenvalue weighted by Gasteiger charge is 2.11.